The summed E-state index contributed by atoms with van der Waals surface area (Å²) in [7, 11) is 0. The maximum Gasteiger partial charge on any atom is 0.270 e. The number of carbonyl (C=O) groups excluding carboxylic acids is 1. The first-order valence-corrected chi connectivity index (χ1v) is 9.09. The van der Waals surface area contributed by atoms with Gasteiger partial charge in [-0.3, -0.25) is 4.79 Å². The number of morpholine rings is 1. The SMILES string of the molecule is Cc1ccccc1Cn1c(C(=O)N2CC(C)OC(C)C2)cc2occc21. The lowest BCUT2D eigenvalue weighted by Gasteiger charge is -2.35. The second-order valence-electron chi connectivity index (χ2n) is 7.18. The van der Waals surface area contributed by atoms with Gasteiger partial charge in [0, 0.05) is 31.8 Å². The van der Waals surface area contributed by atoms with Gasteiger partial charge in [0.1, 0.15) is 5.69 Å². The maximum atomic E-state index is 13.3. The molecule has 0 spiro atoms. The summed E-state index contributed by atoms with van der Waals surface area (Å²) in [6.07, 6.45) is 1.77. The van der Waals surface area contributed by atoms with E-state index in [0.29, 0.717) is 25.3 Å². The molecule has 2 atom stereocenters. The highest BCUT2D eigenvalue weighted by molar-refractivity contribution is 5.97. The van der Waals surface area contributed by atoms with Gasteiger partial charge in [0.25, 0.3) is 5.91 Å². The second-order valence-corrected chi connectivity index (χ2v) is 7.18. The molecule has 1 aliphatic rings. The minimum atomic E-state index is 0.0342. The lowest BCUT2D eigenvalue weighted by atomic mass is 10.1. The van der Waals surface area contributed by atoms with E-state index in [0.717, 1.165) is 11.1 Å². The Balaban J connectivity index is 1.72. The summed E-state index contributed by atoms with van der Waals surface area (Å²) in [6, 6.07) is 12.1. The van der Waals surface area contributed by atoms with Gasteiger partial charge in [-0.1, -0.05) is 24.3 Å². The number of rotatable bonds is 3. The van der Waals surface area contributed by atoms with Crippen molar-refractivity contribution in [3.63, 3.8) is 0 Å². The number of fused-ring (bicyclic) bond motifs is 1. The summed E-state index contributed by atoms with van der Waals surface area (Å²) in [5.74, 6) is 0.0342. The van der Waals surface area contributed by atoms with E-state index in [1.165, 1.54) is 11.1 Å². The van der Waals surface area contributed by atoms with Crippen LogP contribution in [0.5, 0.6) is 0 Å². The van der Waals surface area contributed by atoms with Gasteiger partial charge in [-0.05, 0) is 31.9 Å². The molecule has 0 N–H and O–H groups in total. The molecule has 3 heterocycles. The number of furan rings is 1. The van der Waals surface area contributed by atoms with Crippen molar-refractivity contribution >= 4 is 17.0 Å². The molecule has 0 aliphatic carbocycles. The van der Waals surface area contributed by atoms with E-state index in [4.69, 9.17) is 9.15 Å². The van der Waals surface area contributed by atoms with Crippen molar-refractivity contribution in [3.05, 3.63) is 59.5 Å². The van der Waals surface area contributed by atoms with Crippen LogP contribution < -0.4 is 0 Å². The van der Waals surface area contributed by atoms with Gasteiger partial charge in [-0.25, -0.2) is 0 Å². The summed E-state index contributed by atoms with van der Waals surface area (Å²) in [5, 5.41) is 0. The summed E-state index contributed by atoms with van der Waals surface area (Å²) >= 11 is 0. The average molecular weight is 352 g/mol. The lowest BCUT2D eigenvalue weighted by Crippen LogP contribution is -2.48. The van der Waals surface area contributed by atoms with Crippen molar-refractivity contribution in [3.8, 4) is 0 Å². The fourth-order valence-corrected chi connectivity index (χ4v) is 3.79. The zero-order valence-electron chi connectivity index (χ0n) is 15.4. The summed E-state index contributed by atoms with van der Waals surface area (Å²) in [4.78, 5) is 15.2. The molecule has 0 saturated carbocycles. The zero-order valence-corrected chi connectivity index (χ0v) is 15.4. The third-order valence-corrected chi connectivity index (χ3v) is 5.04. The minimum Gasteiger partial charge on any atom is -0.463 e. The van der Waals surface area contributed by atoms with Crippen molar-refractivity contribution in [2.24, 2.45) is 0 Å². The van der Waals surface area contributed by atoms with Crippen LogP contribution in [0.2, 0.25) is 0 Å². The molecule has 26 heavy (non-hydrogen) atoms. The molecule has 2 unspecified atom stereocenters. The van der Waals surface area contributed by atoms with Gasteiger partial charge in [0.15, 0.2) is 5.58 Å². The Bertz CT molecular complexity index is 930. The molecule has 1 saturated heterocycles. The molecule has 3 aromatic rings. The normalized spacial score (nSPS) is 20.7. The van der Waals surface area contributed by atoms with E-state index >= 15 is 0 Å². The number of nitrogens with zero attached hydrogens (tertiary/aromatic N) is 2. The molecular formula is C21H24N2O3. The van der Waals surface area contributed by atoms with E-state index < -0.39 is 0 Å². The number of aromatic nitrogens is 1. The molecule has 0 bridgehead atoms. The first-order chi connectivity index (χ1) is 12.5. The molecule has 1 aromatic carbocycles. The Morgan fingerprint density at radius 2 is 1.88 bits per heavy atom. The van der Waals surface area contributed by atoms with E-state index in [-0.39, 0.29) is 18.1 Å². The Morgan fingerprint density at radius 1 is 1.15 bits per heavy atom. The first kappa shape index (κ1) is 16.9. The number of ether oxygens (including phenoxy) is 1. The van der Waals surface area contributed by atoms with Crippen molar-refractivity contribution in [2.45, 2.75) is 39.5 Å². The van der Waals surface area contributed by atoms with Crippen LogP contribution in [-0.2, 0) is 11.3 Å². The third kappa shape index (κ3) is 3.03. The van der Waals surface area contributed by atoms with E-state index in [2.05, 4.69) is 23.6 Å². The number of benzene rings is 1. The van der Waals surface area contributed by atoms with Gasteiger partial charge >= 0.3 is 0 Å². The van der Waals surface area contributed by atoms with E-state index in [1.807, 2.05) is 43.0 Å². The Hall–Kier alpha value is -2.53. The molecule has 136 valence electrons. The van der Waals surface area contributed by atoms with Gasteiger partial charge in [0.05, 0.1) is 24.0 Å². The quantitative estimate of drug-likeness (QED) is 0.719. The van der Waals surface area contributed by atoms with Crippen LogP contribution in [0.15, 0.2) is 47.1 Å². The topological polar surface area (TPSA) is 47.6 Å². The number of hydrogen-bond acceptors (Lipinski definition) is 3. The molecule has 1 amide bonds. The van der Waals surface area contributed by atoms with Gasteiger partial charge in [0.2, 0.25) is 0 Å². The van der Waals surface area contributed by atoms with Crippen LogP contribution in [0.25, 0.3) is 11.1 Å². The predicted octanol–water partition coefficient (Wildman–Crippen LogP) is 3.84. The Labute approximate surface area is 153 Å². The van der Waals surface area contributed by atoms with Crippen LogP contribution in [0.1, 0.15) is 35.5 Å². The molecule has 5 nitrogen and oxygen atoms in total. The fourth-order valence-electron chi connectivity index (χ4n) is 3.79. The zero-order chi connectivity index (χ0) is 18.3. The molecule has 4 rings (SSSR count). The fraction of sp³-hybridized carbons (Fsp3) is 0.381. The smallest absolute Gasteiger partial charge is 0.270 e. The number of hydrogen-bond donors (Lipinski definition) is 0. The number of carbonyl (C=O) groups is 1. The van der Waals surface area contributed by atoms with Crippen LogP contribution in [-0.4, -0.2) is 40.7 Å². The largest absolute Gasteiger partial charge is 0.463 e. The second kappa shape index (κ2) is 6.65. The van der Waals surface area contributed by atoms with Crippen LogP contribution >= 0.6 is 0 Å². The monoisotopic (exact) mass is 352 g/mol. The van der Waals surface area contributed by atoms with Crippen molar-refractivity contribution < 1.29 is 13.9 Å². The van der Waals surface area contributed by atoms with Crippen molar-refractivity contribution in [2.75, 3.05) is 13.1 Å². The predicted molar refractivity (Wildman–Crippen MR) is 100 cm³/mol. The Kier molecular flexibility index (Phi) is 4.32. The van der Waals surface area contributed by atoms with E-state index in [9.17, 15) is 4.79 Å². The highest BCUT2D eigenvalue weighted by Crippen LogP contribution is 2.25. The summed E-state index contributed by atoms with van der Waals surface area (Å²) in [5.41, 5.74) is 4.78. The third-order valence-electron chi connectivity index (χ3n) is 5.04. The van der Waals surface area contributed by atoms with Crippen molar-refractivity contribution in [1.29, 1.82) is 0 Å². The molecule has 2 aromatic heterocycles. The Morgan fingerprint density at radius 3 is 2.62 bits per heavy atom. The average Bonchev–Trinajstić information content (AvgIpc) is 3.18. The van der Waals surface area contributed by atoms with Crippen LogP contribution in [0, 0.1) is 6.92 Å². The minimum absolute atomic E-state index is 0.0342. The van der Waals surface area contributed by atoms with Gasteiger partial charge < -0.3 is 18.6 Å². The van der Waals surface area contributed by atoms with Crippen LogP contribution in [0.4, 0.5) is 0 Å². The van der Waals surface area contributed by atoms with Gasteiger partial charge in [-0.2, -0.15) is 0 Å². The standard InChI is InChI=1S/C21H24N2O3/c1-14-6-4-5-7-17(14)13-23-18-8-9-25-20(18)10-19(23)21(24)22-11-15(2)26-16(3)12-22/h4-10,15-16H,11-13H2,1-3H3. The molecule has 5 heteroatoms. The maximum absolute atomic E-state index is 13.3. The number of amides is 1. The summed E-state index contributed by atoms with van der Waals surface area (Å²) < 4.78 is 13.4. The summed E-state index contributed by atoms with van der Waals surface area (Å²) in [6.45, 7) is 7.98. The molecule has 0 radical (unpaired) electrons. The highest BCUT2D eigenvalue weighted by Gasteiger charge is 2.29. The molecule has 1 aliphatic heterocycles. The van der Waals surface area contributed by atoms with Gasteiger partial charge in [-0.15, -0.1) is 0 Å². The van der Waals surface area contributed by atoms with E-state index in [1.54, 1.807) is 6.26 Å². The van der Waals surface area contributed by atoms with Crippen LogP contribution in [0.3, 0.4) is 0 Å². The lowest BCUT2D eigenvalue weighted by molar-refractivity contribution is -0.0588. The first-order valence-electron chi connectivity index (χ1n) is 9.09. The molecule has 1 fully saturated rings. The highest BCUT2D eigenvalue weighted by atomic mass is 16.5. The van der Waals surface area contributed by atoms with Crippen molar-refractivity contribution in [1.82, 2.24) is 9.47 Å². The molecular weight excluding hydrogens is 328 g/mol. The number of aryl methyl sites for hydroxylation is 1.